The fourth-order valence-corrected chi connectivity index (χ4v) is 2.67. The van der Waals surface area contributed by atoms with E-state index in [0.717, 1.165) is 17.7 Å². The molecule has 0 saturated carbocycles. The summed E-state index contributed by atoms with van der Waals surface area (Å²) in [6.45, 7) is 0.273. The summed E-state index contributed by atoms with van der Waals surface area (Å²) in [5.41, 5.74) is -0.170. The maximum atomic E-state index is 13.1. The summed E-state index contributed by atoms with van der Waals surface area (Å²) < 4.78 is 50.4. The largest absolute Gasteiger partial charge is 0.490 e. The lowest BCUT2D eigenvalue weighted by Crippen LogP contribution is -2.14. The molecule has 160 valence electrons. The molecule has 0 aliphatic carbocycles. The average Bonchev–Trinajstić information content (AvgIpc) is 2.77. The van der Waals surface area contributed by atoms with Crippen LogP contribution >= 0.6 is 0 Å². The molecule has 0 saturated heterocycles. The van der Waals surface area contributed by atoms with Crippen LogP contribution in [0.1, 0.15) is 11.1 Å². The molecule has 3 aromatic rings. The first kappa shape index (κ1) is 22.0. The van der Waals surface area contributed by atoms with Crippen LogP contribution in [0.2, 0.25) is 0 Å². The van der Waals surface area contributed by atoms with Gasteiger partial charge in [0.15, 0.2) is 0 Å². The van der Waals surface area contributed by atoms with Crippen molar-refractivity contribution in [3.8, 4) is 11.5 Å². The van der Waals surface area contributed by atoms with Crippen molar-refractivity contribution in [1.29, 1.82) is 0 Å². The Labute approximate surface area is 177 Å². The highest BCUT2D eigenvalue weighted by atomic mass is 19.4. The third-order valence-corrected chi connectivity index (χ3v) is 4.14. The summed E-state index contributed by atoms with van der Waals surface area (Å²) in [6, 6.07) is 21.1. The van der Waals surface area contributed by atoms with Gasteiger partial charge in [0.2, 0.25) is 5.91 Å². The van der Waals surface area contributed by atoms with E-state index >= 15 is 0 Å². The van der Waals surface area contributed by atoms with Gasteiger partial charge in [0.05, 0.1) is 11.3 Å². The number of ether oxygens (including phenoxy) is 2. The minimum Gasteiger partial charge on any atom is -0.490 e. The van der Waals surface area contributed by atoms with Crippen molar-refractivity contribution in [1.82, 2.24) is 0 Å². The van der Waals surface area contributed by atoms with Crippen LogP contribution < -0.4 is 14.8 Å². The average molecular weight is 427 g/mol. The van der Waals surface area contributed by atoms with E-state index < -0.39 is 17.6 Å². The number of benzene rings is 3. The molecule has 31 heavy (non-hydrogen) atoms. The third kappa shape index (κ3) is 6.92. The van der Waals surface area contributed by atoms with Crippen molar-refractivity contribution in [2.45, 2.75) is 6.18 Å². The summed E-state index contributed by atoms with van der Waals surface area (Å²) in [7, 11) is 0. The molecule has 0 bridgehead atoms. The molecule has 7 heteroatoms. The Balaban J connectivity index is 1.68. The van der Waals surface area contributed by atoms with Crippen molar-refractivity contribution in [3.63, 3.8) is 0 Å². The van der Waals surface area contributed by atoms with E-state index in [1.54, 1.807) is 30.3 Å². The molecule has 1 amide bonds. The van der Waals surface area contributed by atoms with E-state index in [2.05, 4.69) is 5.32 Å². The van der Waals surface area contributed by atoms with Crippen LogP contribution in [0, 0.1) is 0 Å². The van der Waals surface area contributed by atoms with Gasteiger partial charge in [0.1, 0.15) is 24.7 Å². The van der Waals surface area contributed by atoms with Gasteiger partial charge >= 0.3 is 6.18 Å². The minimum atomic E-state index is -4.55. The summed E-state index contributed by atoms with van der Waals surface area (Å²) in [6.07, 6.45) is -1.73. The predicted molar refractivity (Wildman–Crippen MR) is 113 cm³/mol. The van der Waals surface area contributed by atoms with Gasteiger partial charge < -0.3 is 14.8 Å². The van der Waals surface area contributed by atoms with Gasteiger partial charge in [-0.15, -0.1) is 0 Å². The summed E-state index contributed by atoms with van der Waals surface area (Å²) in [4.78, 5) is 12.3. The third-order valence-electron chi connectivity index (χ3n) is 4.14. The molecule has 0 spiro atoms. The van der Waals surface area contributed by atoms with E-state index in [1.807, 2.05) is 36.4 Å². The number of hydrogen-bond acceptors (Lipinski definition) is 3. The quantitative estimate of drug-likeness (QED) is 0.364. The zero-order valence-corrected chi connectivity index (χ0v) is 16.4. The molecule has 3 aromatic carbocycles. The van der Waals surface area contributed by atoms with Gasteiger partial charge in [0.25, 0.3) is 0 Å². The molecule has 0 unspecified atom stereocenters. The zero-order chi connectivity index (χ0) is 22.1. The molecule has 0 heterocycles. The fraction of sp³-hybridized carbons (Fsp3) is 0.125. The highest BCUT2D eigenvalue weighted by molar-refractivity contribution is 6.02. The van der Waals surface area contributed by atoms with Crippen LogP contribution in [-0.4, -0.2) is 19.1 Å². The normalized spacial score (nSPS) is 11.3. The molecule has 1 N–H and O–H groups in total. The molecule has 0 radical (unpaired) electrons. The SMILES string of the molecule is O=C(C=Cc1ccccc1)Nc1cc(C(F)(F)F)ccc1OCCOc1ccccc1. The first-order chi connectivity index (χ1) is 14.9. The lowest BCUT2D eigenvalue weighted by atomic mass is 10.1. The summed E-state index contributed by atoms with van der Waals surface area (Å²) >= 11 is 0. The number of rotatable bonds is 8. The summed E-state index contributed by atoms with van der Waals surface area (Å²) in [5, 5.41) is 2.46. The Hall–Kier alpha value is -3.74. The lowest BCUT2D eigenvalue weighted by molar-refractivity contribution is -0.137. The maximum absolute atomic E-state index is 13.1. The van der Waals surface area contributed by atoms with E-state index in [4.69, 9.17) is 9.47 Å². The number of alkyl halides is 3. The maximum Gasteiger partial charge on any atom is 0.416 e. The first-order valence-corrected chi connectivity index (χ1v) is 9.48. The zero-order valence-electron chi connectivity index (χ0n) is 16.4. The second-order valence-corrected chi connectivity index (χ2v) is 6.45. The van der Waals surface area contributed by atoms with Gasteiger partial charge in [-0.25, -0.2) is 0 Å². The van der Waals surface area contributed by atoms with Crippen molar-refractivity contribution in [3.05, 3.63) is 96.1 Å². The second kappa shape index (κ2) is 10.3. The van der Waals surface area contributed by atoms with Crippen LogP contribution in [0.15, 0.2) is 84.9 Å². The molecule has 3 rings (SSSR count). The van der Waals surface area contributed by atoms with Gasteiger partial charge in [-0.2, -0.15) is 13.2 Å². The topological polar surface area (TPSA) is 47.6 Å². The minimum absolute atomic E-state index is 0.0720. The predicted octanol–water partition coefficient (Wildman–Crippen LogP) is 5.82. The highest BCUT2D eigenvalue weighted by Gasteiger charge is 2.31. The van der Waals surface area contributed by atoms with E-state index in [-0.39, 0.29) is 24.7 Å². The van der Waals surface area contributed by atoms with Gasteiger partial charge in [-0.05, 0) is 42.0 Å². The Kier molecular flexibility index (Phi) is 7.32. The molecular formula is C24H20F3NO3. The van der Waals surface area contributed by atoms with E-state index in [1.165, 1.54) is 12.1 Å². The number of halogens is 3. The Morgan fingerprint density at radius 1 is 0.871 bits per heavy atom. The molecular weight excluding hydrogens is 407 g/mol. The standard InChI is InChI=1S/C24H20F3NO3/c25-24(26,27)19-12-13-22(31-16-15-30-20-9-5-2-6-10-20)21(17-19)28-23(29)14-11-18-7-3-1-4-8-18/h1-14,17H,15-16H2,(H,28,29). The second-order valence-electron chi connectivity index (χ2n) is 6.45. The van der Waals surface area contributed by atoms with Crippen LogP contribution in [0.5, 0.6) is 11.5 Å². The van der Waals surface area contributed by atoms with Gasteiger partial charge in [-0.3, -0.25) is 4.79 Å². The molecule has 4 nitrogen and oxygen atoms in total. The Morgan fingerprint density at radius 3 is 2.19 bits per heavy atom. The molecule has 0 atom stereocenters. The van der Waals surface area contributed by atoms with Crippen molar-refractivity contribution < 1.29 is 27.4 Å². The Bertz CT molecular complexity index is 1020. The monoisotopic (exact) mass is 427 g/mol. The number of amides is 1. The van der Waals surface area contributed by atoms with Crippen LogP contribution in [0.4, 0.5) is 18.9 Å². The number of nitrogens with one attached hydrogen (secondary N) is 1. The van der Waals surface area contributed by atoms with Crippen LogP contribution in [0.3, 0.4) is 0 Å². The van der Waals surface area contributed by atoms with Crippen molar-refractivity contribution in [2.75, 3.05) is 18.5 Å². The van der Waals surface area contributed by atoms with Crippen LogP contribution in [-0.2, 0) is 11.0 Å². The molecule has 0 aliphatic heterocycles. The van der Waals surface area contributed by atoms with Gasteiger partial charge in [-0.1, -0.05) is 48.5 Å². The van der Waals surface area contributed by atoms with E-state index in [0.29, 0.717) is 5.75 Å². The molecule has 0 aromatic heterocycles. The molecule has 0 aliphatic rings. The number of carbonyl (C=O) groups excluding carboxylic acids is 1. The smallest absolute Gasteiger partial charge is 0.416 e. The van der Waals surface area contributed by atoms with Crippen molar-refractivity contribution in [2.24, 2.45) is 0 Å². The number of anilines is 1. The summed E-state index contributed by atoms with van der Waals surface area (Å²) in [5.74, 6) is 0.192. The number of para-hydroxylation sites is 1. The Morgan fingerprint density at radius 2 is 1.52 bits per heavy atom. The number of carbonyl (C=O) groups is 1. The fourth-order valence-electron chi connectivity index (χ4n) is 2.67. The van der Waals surface area contributed by atoms with Crippen LogP contribution in [0.25, 0.3) is 6.08 Å². The first-order valence-electron chi connectivity index (χ1n) is 9.48. The lowest BCUT2D eigenvalue weighted by Gasteiger charge is -2.15. The molecule has 0 fully saturated rings. The van der Waals surface area contributed by atoms with Crippen molar-refractivity contribution >= 4 is 17.7 Å². The van der Waals surface area contributed by atoms with E-state index in [9.17, 15) is 18.0 Å². The number of hydrogen-bond donors (Lipinski definition) is 1. The van der Waals surface area contributed by atoms with Gasteiger partial charge in [0, 0.05) is 6.08 Å². The highest BCUT2D eigenvalue weighted by Crippen LogP contribution is 2.35.